The number of likely N-dealkylation sites (tertiary alicyclic amines) is 1. The Morgan fingerprint density at radius 1 is 1.03 bits per heavy atom. The van der Waals surface area contributed by atoms with E-state index in [9.17, 15) is 14.4 Å². The minimum atomic E-state index is -0.931. The van der Waals surface area contributed by atoms with Gasteiger partial charge in [0.2, 0.25) is 5.91 Å². The molecule has 192 valence electrons. The molecule has 7 heteroatoms. The Kier molecular flexibility index (Phi) is 8.09. The van der Waals surface area contributed by atoms with Crippen LogP contribution in [0.25, 0.3) is 0 Å². The van der Waals surface area contributed by atoms with Crippen LogP contribution in [0.5, 0.6) is 0 Å². The monoisotopic (exact) mass is 490 g/mol. The molecule has 4 amide bonds. The van der Waals surface area contributed by atoms with Crippen molar-refractivity contribution in [3.05, 3.63) is 71.8 Å². The number of imide groups is 1. The van der Waals surface area contributed by atoms with E-state index in [0.717, 1.165) is 11.1 Å². The summed E-state index contributed by atoms with van der Waals surface area (Å²) in [6.07, 6.45) is 2.64. The standard InChI is InChI=1S/C29H38N4O3/c1-22(24-12-8-5-9-13-24)26(34)32-18-15-25(16-19-32)29(17-14-23-10-6-4-7-11-23)27(35)33(28(36)30-29)21-20-31(2)3/h4-13,22,25H,14-21H2,1-3H3,(H,30,36)/t22-,29-/m1/s1. The van der Waals surface area contributed by atoms with Crippen LogP contribution in [0.15, 0.2) is 60.7 Å². The van der Waals surface area contributed by atoms with Gasteiger partial charge in [0.15, 0.2) is 0 Å². The van der Waals surface area contributed by atoms with Gasteiger partial charge in [0.05, 0.1) is 5.92 Å². The number of carbonyl (C=O) groups is 3. The van der Waals surface area contributed by atoms with Crippen LogP contribution in [0.3, 0.4) is 0 Å². The Balaban J connectivity index is 1.49. The lowest BCUT2D eigenvalue weighted by molar-refractivity contribution is -0.137. The number of rotatable bonds is 9. The number of hydrogen-bond donors (Lipinski definition) is 1. The molecule has 0 radical (unpaired) electrons. The average Bonchev–Trinajstić information content (AvgIpc) is 3.15. The predicted octanol–water partition coefficient (Wildman–Crippen LogP) is 3.51. The van der Waals surface area contributed by atoms with Gasteiger partial charge in [0.1, 0.15) is 5.54 Å². The van der Waals surface area contributed by atoms with E-state index in [4.69, 9.17) is 0 Å². The van der Waals surface area contributed by atoms with E-state index < -0.39 is 5.54 Å². The first-order chi connectivity index (χ1) is 17.3. The molecular formula is C29H38N4O3. The summed E-state index contributed by atoms with van der Waals surface area (Å²) in [7, 11) is 3.87. The Bertz CT molecular complexity index is 1050. The second-order valence-corrected chi connectivity index (χ2v) is 10.4. The van der Waals surface area contributed by atoms with Crippen LogP contribution in [0.1, 0.15) is 43.2 Å². The molecule has 2 aromatic rings. The topological polar surface area (TPSA) is 73.0 Å². The summed E-state index contributed by atoms with van der Waals surface area (Å²) in [4.78, 5) is 45.3. The summed E-state index contributed by atoms with van der Waals surface area (Å²) in [6.45, 7) is 4.13. The van der Waals surface area contributed by atoms with Gasteiger partial charge in [-0.3, -0.25) is 14.5 Å². The molecule has 36 heavy (non-hydrogen) atoms. The van der Waals surface area contributed by atoms with Gasteiger partial charge >= 0.3 is 6.03 Å². The molecule has 2 saturated heterocycles. The average molecular weight is 491 g/mol. The lowest BCUT2D eigenvalue weighted by Crippen LogP contribution is -2.57. The van der Waals surface area contributed by atoms with Crippen molar-refractivity contribution in [3.8, 4) is 0 Å². The molecule has 1 N–H and O–H groups in total. The SMILES string of the molecule is C[C@@H](C(=O)N1CCC([C@@]2(CCc3ccccc3)NC(=O)N(CCN(C)C)C2=O)CC1)c1ccccc1. The van der Waals surface area contributed by atoms with E-state index in [2.05, 4.69) is 17.4 Å². The molecule has 7 nitrogen and oxygen atoms in total. The van der Waals surface area contributed by atoms with Gasteiger partial charge in [-0.2, -0.15) is 0 Å². The van der Waals surface area contributed by atoms with Crippen molar-refractivity contribution in [1.29, 1.82) is 0 Å². The van der Waals surface area contributed by atoms with E-state index in [-0.39, 0.29) is 29.7 Å². The Labute approximate surface area is 214 Å². The number of aryl methyl sites for hydroxylation is 1. The van der Waals surface area contributed by atoms with E-state index in [1.54, 1.807) is 0 Å². The highest BCUT2D eigenvalue weighted by molar-refractivity contribution is 6.07. The van der Waals surface area contributed by atoms with Crippen molar-refractivity contribution in [2.24, 2.45) is 5.92 Å². The van der Waals surface area contributed by atoms with Crippen LogP contribution in [0.2, 0.25) is 0 Å². The Morgan fingerprint density at radius 2 is 1.64 bits per heavy atom. The fraction of sp³-hybridized carbons (Fsp3) is 0.483. The molecule has 0 saturated carbocycles. The van der Waals surface area contributed by atoms with Crippen molar-refractivity contribution in [2.75, 3.05) is 40.3 Å². The van der Waals surface area contributed by atoms with Crippen LogP contribution >= 0.6 is 0 Å². The Hall–Kier alpha value is -3.19. The summed E-state index contributed by atoms with van der Waals surface area (Å²) >= 11 is 0. The molecule has 4 rings (SSSR count). The maximum atomic E-state index is 13.8. The van der Waals surface area contributed by atoms with E-state index in [1.165, 1.54) is 4.90 Å². The van der Waals surface area contributed by atoms with Crippen molar-refractivity contribution in [1.82, 2.24) is 20.0 Å². The first-order valence-electron chi connectivity index (χ1n) is 13.0. The molecular weight excluding hydrogens is 452 g/mol. The first kappa shape index (κ1) is 25.9. The lowest BCUT2D eigenvalue weighted by atomic mass is 9.74. The number of benzene rings is 2. The fourth-order valence-electron chi connectivity index (χ4n) is 5.54. The quantitative estimate of drug-likeness (QED) is 0.546. The van der Waals surface area contributed by atoms with Gasteiger partial charge < -0.3 is 15.1 Å². The van der Waals surface area contributed by atoms with E-state index in [0.29, 0.717) is 51.9 Å². The molecule has 2 fully saturated rings. The molecule has 2 atom stereocenters. The third-order valence-corrected chi connectivity index (χ3v) is 7.80. The van der Waals surface area contributed by atoms with Crippen molar-refractivity contribution in [2.45, 2.75) is 44.1 Å². The zero-order valence-corrected chi connectivity index (χ0v) is 21.7. The Morgan fingerprint density at radius 3 is 2.25 bits per heavy atom. The highest BCUT2D eigenvalue weighted by Gasteiger charge is 2.55. The largest absolute Gasteiger partial charge is 0.342 e. The smallest absolute Gasteiger partial charge is 0.325 e. The van der Waals surface area contributed by atoms with Gasteiger partial charge in [-0.05, 0) is 63.7 Å². The molecule has 2 aliphatic heterocycles. The number of nitrogens with zero attached hydrogens (tertiary/aromatic N) is 3. The highest BCUT2D eigenvalue weighted by Crippen LogP contribution is 2.37. The molecule has 0 bridgehead atoms. The molecule has 2 heterocycles. The zero-order chi connectivity index (χ0) is 25.7. The highest BCUT2D eigenvalue weighted by atomic mass is 16.2. The number of nitrogens with one attached hydrogen (secondary N) is 1. The third kappa shape index (κ3) is 5.46. The van der Waals surface area contributed by atoms with Gasteiger partial charge in [-0.15, -0.1) is 0 Å². The van der Waals surface area contributed by atoms with Crippen LogP contribution in [-0.4, -0.2) is 78.4 Å². The van der Waals surface area contributed by atoms with Crippen molar-refractivity contribution < 1.29 is 14.4 Å². The van der Waals surface area contributed by atoms with Crippen LogP contribution in [0, 0.1) is 5.92 Å². The number of urea groups is 1. The minimum absolute atomic E-state index is 0.0156. The normalized spacial score (nSPS) is 21.7. The molecule has 2 aliphatic rings. The predicted molar refractivity (Wildman–Crippen MR) is 140 cm³/mol. The van der Waals surface area contributed by atoms with Gasteiger partial charge in [0, 0.05) is 26.2 Å². The number of carbonyl (C=O) groups excluding carboxylic acids is 3. The number of piperidine rings is 1. The maximum absolute atomic E-state index is 13.8. The molecule has 0 aliphatic carbocycles. The maximum Gasteiger partial charge on any atom is 0.325 e. The molecule has 0 aromatic heterocycles. The second-order valence-electron chi connectivity index (χ2n) is 10.4. The second kappa shape index (κ2) is 11.2. The van der Waals surface area contributed by atoms with Gasteiger partial charge in [0.25, 0.3) is 5.91 Å². The van der Waals surface area contributed by atoms with E-state index in [1.807, 2.05) is 79.3 Å². The van der Waals surface area contributed by atoms with Gasteiger partial charge in [-0.1, -0.05) is 60.7 Å². The van der Waals surface area contributed by atoms with Crippen LogP contribution in [-0.2, 0) is 16.0 Å². The van der Waals surface area contributed by atoms with E-state index >= 15 is 0 Å². The number of amides is 4. The number of hydrogen-bond acceptors (Lipinski definition) is 4. The summed E-state index contributed by atoms with van der Waals surface area (Å²) in [6, 6.07) is 19.6. The van der Waals surface area contributed by atoms with Crippen LogP contribution in [0.4, 0.5) is 4.79 Å². The first-order valence-corrected chi connectivity index (χ1v) is 13.0. The van der Waals surface area contributed by atoms with Gasteiger partial charge in [-0.25, -0.2) is 4.79 Å². The molecule has 0 unspecified atom stereocenters. The van der Waals surface area contributed by atoms with Crippen molar-refractivity contribution in [3.63, 3.8) is 0 Å². The molecule has 2 aromatic carbocycles. The fourth-order valence-corrected chi connectivity index (χ4v) is 5.54. The molecule has 0 spiro atoms. The summed E-state index contributed by atoms with van der Waals surface area (Å²) in [5.74, 6) is -0.220. The summed E-state index contributed by atoms with van der Waals surface area (Å²) in [5, 5.41) is 3.14. The third-order valence-electron chi connectivity index (χ3n) is 7.80. The zero-order valence-electron chi connectivity index (χ0n) is 21.7. The number of likely N-dealkylation sites (N-methyl/N-ethyl adjacent to an activating group) is 1. The minimum Gasteiger partial charge on any atom is -0.342 e. The van der Waals surface area contributed by atoms with Crippen LogP contribution < -0.4 is 5.32 Å². The summed E-state index contributed by atoms with van der Waals surface area (Å²) < 4.78 is 0. The lowest BCUT2D eigenvalue weighted by Gasteiger charge is -2.41. The summed E-state index contributed by atoms with van der Waals surface area (Å²) in [5.41, 5.74) is 1.23. The van der Waals surface area contributed by atoms with Crippen molar-refractivity contribution >= 4 is 17.8 Å².